The van der Waals surface area contributed by atoms with E-state index in [1.165, 1.54) is 4.90 Å². The van der Waals surface area contributed by atoms with Gasteiger partial charge in [-0.25, -0.2) is 4.90 Å². The van der Waals surface area contributed by atoms with Crippen LogP contribution < -0.4 is 19.1 Å². The number of hydrogen-bond donors (Lipinski definition) is 0. The molecule has 3 aromatic carbocycles. The highest BCUT2D eigenvalue weighted by Crippen LogP contribution is 2.30. The first kappa shape index (κ1) is 26.7. The van der Waals surface area contributed by atoms with Crippen LogP contribution in [0.4, 0.5) is 5.69 Å². The molecule has 0 bridgehead atoms. The zero-order chi connectivity index (χ0) is 27.1. The van der Waals surface area contributed by atoms with Crippen LogP contribution in [-0.2, 0) is 16.0 Å². The maximum absolute atomic E-state index is 13.6. The van der Waals surface area contributed by atoms with Gasteiger partial charge in [0, 0.05) is 12.1 Å². The van der Waals surface area contributed by atoms with E-state index in [4.69, 9.17) is 14.2 Å². The normalized spacial score (nSPS) is 14.9. The maximum atomic E-state index is 13.6. The molecule has 1 heterocycles. The van der Waals surface area contributed by atoms with Crippen molar-refractivity contribution in [3.63, 3.8) is 0 Å². The van der Waals surface area contributed by atoms with Crippen LogP contribution >= 0.6 is 0 Å². The summed E-state index contributed by atoms with van der Waals surface area (Å²) in [4.78, 5) is 42.9. The molecule has 0 spiro atoms. The molecule has 8 heteroatoms. The summed E-state index contributed by atoms with van der Waals surface area (Å²) in [6.07, 6.45) is 1.25. The number of hydrogen-bond acceptors (Lipinski definition) is 6. The van der Waals surface area contributed by atoms with Gasteiger partial charge >= 0.3 is 0 Å². The van der Waals surface area contributed by atoms with Crippen LogP contribution in [0.2, 0.25) is 0 Å². The average Bonchev–Trinajstić information content (AvgIpc) is 3.25. The Hall–Kier alpha value is -4.33. The van der Waals surface area contributed by atoms with Gasteiger partial charge in [-0.15, -0.1) is 0 Å². The van der Waals surface area contributed by atoms with E-state index in [1.807, 2.05) is 25.1 Å². The fraction of sp³-hybridized carbons (Fsp3) is 0.300. The molecule has 3 amide bonds. The van der Waals surface area contributed by atoms with Crippen LogP contribution in [-0.4, -0.2) is 56.0 Å². The SMILES string of the molecule is CCCOc1ccc(N2C(=O)C[C@H](N(CCc3ccc(OC)c(OC)c3)C(=O)c3ccccc3)C2=O)cc1. The quantitative estimate of drug-likeness (QED) is 0.349. The Labute approximate surface area is 222 Å². The van der Waals surface area contributed by atoms with Crippen molar-refractivity contribution < 1.29 is 28.6 Å². The third kappa shape index (κ3) is 5.80. The third-order valence-electron chi connectivity index (χ3n) is 6.44. The number of imide groups is 1. The van der Waals surface area contributed by atoms with Gasteiger partial charge in [0.15, 0.2) is 11.5 Å². The van der Waals surface area contributed by atoms with E-state index in [0.29, 0.717) is 41.5 Å². The minimum absolute atomic E-state index is 0.0859. The van der Waals surface area contributed by atoms with E-state index < -0.39 is 11.9 Å². The molecule has 1 fully saturated rings. The lowest BCUT2D eigenvalue weighted by molar-refractivity contribution is -0.122. The Morgan fingerprint density at radius 2 is 1.66 bits per heavy atom. The summed E-state index contributed by atoms with van der Waals surface area (Å²) < 4.78 is 16.3. The van der Waals surface area contributed by atoms with Crippen molar-refractivity contribution in [1.29, 1.82) is 0 Å². The molecular formula is C30H32N2O6. The first-order valence-electron chi connectivity index (χ1n) is 12.6. The Balaban J connectivity index is 1.58. The predicted octanol–water partition coefficient (Wildman–Crippen LogP) is 4.51. The smallest absolute Gasteiger partial charge is 0.257 e. The fourth-order valence-electron chi connectivity index (χ4n) is 4.47. The molecule has 8 nitrogen and oxygen atoms in total. The lowest BCUT2D eigenvalue weighted by Crippen LogP contribution is -2.46. The number of benzene rings is 3. The number of carbonyl (C=O) groups excluding carboxylic acids is 3. The first-order chi connectivity index (χ1) is 18.5. The van der Waals surface area contributed by atoms with Crippen molar-refractivity contribution in [1.82, 2.24) is 4.90 Å². The summed E-state index contributed by atoms with van der Waals surface area (Å²) in [5, 5.41) is 0. The van der Waals surface area contributed by atoms with E-state index in [0.717, 1.165) is 16.9 Å². The Morgan fingerprint density at radius 3 is 2.32 bits per heavy atom. The monoisotopic (exact) mass is 516 g/mol. The number of carbonyl (C=O) groups is 3. The first-order valence-corrected chi connectivity index (χ1v) is 12.6. The van der Waals surface area contributed by atoms with Crippen LogP contribution in [0.25, 0.3) is 0 Å². The summed E-state index contributed by atoms with van der Waals surface area (Å²) in [6.45, 7) is 2.84. The fourth-order valence-corrected chi connectivity index (χ4v) is 4.47. The number of anilines is 1. The number of amides is 3. The molecule has 0 saturated carbocycles. The van der Waals surface area contributed by atoms with Crippen LogP contribution in [0.5, 0.6) is 17.2 Å². The highest BCUT2D eigenvalue weighted by molar-refractivity contribution is 6.23. The molecule has 0 aromatic heterocycles. The molecule has 0 N–H and O–H groups in total. The molecule has 0 unspecified atom stereocenters. The molecule has 1 atom stereocenters. The standard InChI is InChI=1S/C30H32N2O6/c1-4-18-38-24-13-11-23(12-14-24)32-28(33)20-25(30(32)35)31(29(34)22-8-6-5-7-9-22)17-16-21-10-15-26(36-2)27(19-21)37-3/h5-15,19,25H,4,16-18,20H2,1-3H3/t25-/m0/s1. The van der Waals surface area contributed by atoms with Gasteiger partial charge in [-0.3, -0.25) is 14.4 Å². The van der Waals surface area contributed by atoms with Gasteiger partial charge in [-0.1, -0.05) is 31.2 Å². The van der Waals surface area contributed by atoms with Crippen molar-refractivity contribution in [2.75, 3.05) is 32.3 Å². The second-order valence-corrected chi connectivity index (χ2v) is 8.93. The van der Waals surface area contributed by atoms with E-state index in [2.05, 4.69) is 0 Å². The zero-order valence-corrected chi connectivity index (χ0v) is 21.9. The Bertz CT molecular complexity index is 1280. The molecule has 4 rings (SSSR count). The Morgan fingerprint density at radius 1 is 0.947 bits per heavy atom. The van der Waals surface area contributed by atoms with Crippen molar-refractivity contribution in [2.45, 2.75) is 32.2 Å². The number of nitrogens with zero attached hydrogens (tertiary/aromatic N) is 2. The zero-order valence-electron chi connectivity index (χ0n) is 21.9. The third-order valence-corrected chi connectivity index (χ3v) is 6.44. The number of rotatable bonds is 11. The highest BCUT2D eigenvalue weighted by Gasteiger charge is 2.44. The van der Waals surface area contributed by atoms with Crippen LogP contribution in [0, 0.1) is 0 Å². The summed E-state index contributed by atoms with van der Waals surface area (Å²) in [5.74, 6) is 0.778. The summed E-state index contributed by atoms with van der Waals surface area (Å²) in [6, 6.07) is 20.3. The largest absolute Gasteiger partial charge is 0.494 e. The second-order valence-electron chi connectivity index (χ2n) is 8.93. The highest BCUT2D eigenvalue weighted by atomic mass is 16.5. The minimum atomic E-state index is -0.911. The van der Waals surface area contributed by atoms with Crippen LogP contribution in [0.15, 0.2) is 72.8 Å². The minimum Gasteiger partial charge on any atom is -0.494 e. The Kier molecular flexibility index (Phi) is 8.63. The molecule has 1 aliphatic rings. The topological polar surface area (TPSA) is 85.4 Å². The van der Waals surface area contributed by atoms with Gasteiger partial charge in [-0.05, 0) is 66.9 Å². The van der Waals surface area contributed by atoms with Crippen molar-refractivity contribution in [3.05, 3.63) is 83.9 Å². The number of methoxy groups -OCH3 is 2. The van der Waals surface area contributed by atoms with E-state index in [1.54, 1.807) is 68.8 Å². The average molecular weight is 517 g/mol. The van der Waals surface area contributed by atoms with Crippen LogP contribution in [0.3, 0.4) is 0 Å². The lowest BCUT2D eigenvalue weighted by atomic mass is 10.1. The molecule has 0 radical (unpaired) electrons. The van der Waals surface area contributed by atoms with E-state index in [-0.39, 0.29) is 24.8 Å². The number of ether oxygens (including phenoxy) is 3. The van der Waals surface area contributed by atoms with Gasteiger partial charge < -0.3 is 19.1 Å². The molecule has 1 saturated heterocycles. The molecule has 0 aliphatic carbocycles. The predicted molar refractivity (Wildman–Crippen MR) is 144 cm³/mol. The van der Waals surface area contributed by atoms with Crippen molar-refractivity contribution >= 4 is 23.4 Å². The second kappa shape index (κ2) is 12.3. The summed E-state index contributed by atoms with van der Waals surface area (Å²) in [7, 11) is 3.13. The summed E-state index contributed by atoms with van der Waals surface area (Å²) >= 11 is 0. The van der Waals surface area contributed by atoms with Crippen LogP contribution in [0.1, 0.15) is 35.7 Å². The van der Waals surface area contributed by atoms with Crippen molar-refractivity contribution in [3.8, 4) is 17.2 Å². The molecule has 198 valence electrons. The van der Waals surface area contributed by atoms with Gasteiger partial charge in [0.1, 0.15) is 11.8 Å². The van der Waals surface area contributed by atoms with E-state index >= 15 is 0 Å². The van der Waals surface area contributed by atoms with Gasteiger partial charge in [0.05, 0.1) is 32.9 Å². The molecular weight excluding hydrogens is 484 g/mol. The van der Waals surface area contributed by atoms with Gasteiger partial charge in [0.25, 0.3) is 11.8 Å². The van der Waals surface area contributed by atoms with E-state index in [9.17, 15) is 14.4 Å². The molecule has 38 heavy (non-hydrogen) atoms. The maximum Gasteiger partial charge on any atom is 0.257 e. The molecule has 1 aliphatic heterocycles. The van der Waals surface area contributed by atoms with Gasteiger partial charge in [-0.2, -0.15) is 0 Å². The van der Waals surface area contributed by atoms with Crippen molar-refractivity contribution in [2.24, 2.45) is 0 Å². The molecule has 3 aromatic rings. The lowest BCUT2D eigenvalue weighted by Gasteiger charge is -2.28. The van der Waals surface area contributed by atoms with Gasteiger partial charge in [0.2, 0.25) is 5.91 Å². The summed E-state index contributed by atoms with van der Waals surface area (Å²) in [5.41, 5.74) is 1.82.